The minimum atomic E-state index is 0.199. The van der Waals surface area contributed by atoms with E-state index in [-0.39, 0.29) is 6.04 Å². The van der Waals surface area contributed by atoms with E-state index in [0.29, 0.717) is 5.88 Å². The number of nitrogens with two attached hydrogens (primary N) is 1. The van der Waals surface area contributed by atoms with Crippen LogP contribution in [0.1, 0.15) is 24.5 Å². The molecule has 19 heavy (non-hydrogen) atoms. The number of hydrogen-bond donors (Lipinski definition) is 1. The number of rotatable bonds is 5. The summed E-state index contributed by atoms with van der Waals surface area (Å²) in [5, 5.41) is 0. The number of nitrogens with zero attached hydrogens (tertiary/aromatic N) is 1. The van der Waals surface area contributed by atoms with Crippen molar-refractivity contribution in [3.05, 3.63) is 53.7 Å². The lowest BCUT2D eigenvalue weighted by molar-refractivity contribution is 0.459. The Kier molecular flexibility index (Phi) is 4.53. The molecule has 0 spiro atoms. The smallest absolute Gasteiger partial charge is 0.219 e. The van der Waals surface area contributed by atoms with E-state index in [4.69, 9.17) is 10.5 Å². The topological polar surface area (TPSA) is 48.1 Å². The molecule has 2 aromatic rings. The van der Waals surface area contributed by atoms with Gasteiger partial charge in [0, 0.05) is 18.3 Å². The van der Waals surface area contributed by atoms with E-state index in [1.165, 1.54) is 0 Å². The summed E-state index contributed by atoms with van der Waals surface area (Å²) in [4.78, 5) is 4.32. The standard InChI is InChI=1S/C16H20N2O/c1-3-14(17)10-13-8-9-16(18-11-13)19-15-7-5-4-6-12(15)2/h4-9,11,14H,3,10,17H2,1-2H3. The molecule has 2 N–H and O–H groups in total. The number of benzene rings is 1. The third-order valence-corrected chi connectivity index (χ3v) is 3.13. The van der Waals surface area contributed by atoms with Crippen LogP contribution in [-0.2, 0) is 6.42 Å². The zero-order chi connectivity index (χ0) is 13.7. The van der Waals surface area contributed by atoms with E-state index in [1.807, 2.05) is 49.5 Å². The van der Waals surface area contributed by atoms with Gasteiger partial charge in [-0.3, -0.25) is 0 Å². The molecule has 1 aromatic carbocycles. The monoisotopic (exact) mass is 256 g/mol. The molecule has 0 fully saturated rings. The Labute approximate surface area is 114 Å². The lowest BCUT2D eigenvalue weighted by Crippen LogP contribution is -2.21. The largest absolute Gasteiger partial charge is 0.439 e. The van der Waals surface area contributed by atoms with Gasteiger partial charge in [-0.25, -0.2) is 4.98 Å². The zero-order valence-electron chi connectivity index (χ0n) is 11.5. The van der Waals surface area contributed by atoms with Gasteiger partial charge in [0.15, 0.2) is 0 Å². The van der Waals surface area contributed by atoms with Gasteiger partial charge in [-0.1, -0.05) is 31.2 Å². The average molecular weight is 256 g/mol. The Morgan fingerprint density at radius 2 is 2.00 bits per heavy atom. The van der Waals surface area contributed by atoms with Crippen LogP contribution in [0.5, 0.6) is 11.6 Å². The molecule has 100 valence electrons. The first-order chi connectivity index (χ1) is 9.19. The Bertz CT molecular complexity index is 523. The fourth-order valence-electron chi connectivity index (χ4n) is 1.82. The van der Waals surface area contributed by atoms with Gasteiger partial charge in [-0.2, -0.15) is 0 Å². The predicted molar refractivity (Wildman–Crippen MR) is 77.5 cm³/mol. The number of hydrogen-bond acceptors (Lipinski definition) is 3. The molecule has 0 aliphatic rings. The summed E-state index contributed by atoms with van der Waals surface area (Å²) < 4.78 is 5.75. The van der Waals surface area contributed by atoms with Crippen molar-refractivity contribution in [3.8, 4) is 11.6 Å². The Balaban J connectivity index is 2.05. The van der Waals surface area contributed by atoms with Crippen LogP contribution in [-0.4, -0.2) is 11.0 Å². The second-order valence-corrected chi connectivity index (χ2v) is 4.74. The highest BCUT2D eigenvalue weighted by Crippen LogP contribution is 2.23. The first-order valence-corrected chi connectivity index (χ1v) is 6.63. The molecule has 1 heterocycles. The summed E-state index contributed by atoms with van der Waals surface area (Å²) >= 11 is 0. The Morgan fingerprint density at radius 3 is 2.63 bits per heavy atom. The van der Waals surface area contributed by atoms with Gasteiger partial charge in [0.2, 0.25) is 5.88 Å². The summed E-state index contributed by atoms with van der Waals surface area (Å²) in [5.74, 6) is 1.45. The molecule has 1 aromatic heterocycles. The average Bonchev–Trinajstić information content (AvgIpc) is 2.43. The van der Waals surface area contributed by atoms with Crippen molar-refractivity contribution in [1.29, 1.82) is 0 Å². The maximum Gasteiger partial charge on any atom is 0.219 e. The van der Waals surface area contributed by atoms with Crippen LogP contribution < -0.4 is 10.5 Å². The van der Waals surface area contributed by atoms with Gasteiger partial charge in [-0.05, 0) is 37.0 Å². The third-order valence-electron chi connectivity index (χ3n) is 3.13. The first kappa shape index (κ1) is 13.6. The highest BCUT2D eigenvalue weighted by Gasteiger charge is 2.04. The molecule has 3 heteroatoms. The SMILES string of the molecule is CCC(N)Cc1ccc(Oc2ccccc2C)nc1. The number of aromatic nitrogens is 1. The van der Waals surface area contributed by atoms with E-state index in [1.54, 1.807) is 0 Å². The summed E-state index contributed by atoms with van der Waals surface area (Å²) in [6.07, 6.45) is 3.67. The van der Waals surface area contributed by atoms with Gasteiger partial charge in [-0.15, -0.1) is 0 Å². The van der Waals surface area contributed by atoms with Gasteiger partial charge < -0.3 is 10.5 Å². The molecule has 0 radical (unpaired) electrons. The molecule has 0 saturated heterocycles. The van der Waals surface area contributed by atoms with Gasteiger partial charge >= 0.3 is 0 Å². The summed E-state index contributed by atoms with van der Waals surface area (Å²) in [5.41, 5.74) is 8.17. The fraction of sp³-hybridized carbons (Fsp3) is 0.312. The molecule has 1 atom stereocenters. The molecule has 0 aliphatic heterocycles. The maximum absolute atomic E-state index is 5.93. The van der Waals surface area contributed by atoms with Crippen molar-refractivity contribution >= 4 is 0 Å². The van der Waals surface area contributed by atoms with Crippen molar-refractivity contribution in [1.82, 2.24) is 4.98 Å². The normalized spacial score (nSPS) is 12.2. The second-order valence-electron chi connectivity index (χ2n) is 4.74. The van der Waals surface area contributed by atoms with Crippen LogP contribution in [0.2, 0.25) is 0 Å². The van der Waals surface area contributed by atoms with Gasteiger partial charge in [0.25, 0.3) is 0 Å². The predicted octanol–water partition coefficient (Wildman–Crippen LogP) is 3.46. The molecule has 0 amide bonds. The fourth-order valence-corrected chi connectivity index (χ4v) is 1.82. The molecule has 1 unspecified atom stereocenters. The number of aryl methyl sites for hydroxylation is 1. The van der Waals surface area contributed by atoms with Crippen molar-refractivity contribution in [2.75, 3.05) is 0 Å². The molecular formula is C16H20N2O. The van der Waals surface area contributed by atoms with E-state index in [9.17, 15) is 0 Å². The summed E-state index contributed by atoms with van der Waals surface area (Å²) in [7, 11) is 0. The van der Waals surface area contributed by atoms with Crippen molar-refractivity contribution in [3.63, 3.8) is 0 Å². The van der Waals surface area contributed by atoms with Crippen molar-refractivity contribution < 1.29 is 4.74 Å². The van der Waals surface area contributed by atoms with Crippen LogP contribution >= 0.6 is 0 Å². The molecular weight excluding hydrogens is 236 g/mol. The van der Waals surface area contributed by atoms with Crippen LogP contribution in [0.15, 0.2) is 42.6 Å². The van der Waals surface area contributed by atoms with Gasteiger partial charge in [0.1, 0.15) is 5.75 Å². The van der Waals surface area contributed by atoms with E-state index >= 15 is 0 Å². The minimum absolute atomic E-state index is 0.199. The van der Waals surface area contributed by atoms with E-state index in [2.05, 4.69) is 11.9 Å². The first-order valence-electron chi connectivity index (χ1n) is 6.63. The van der Waals surface area contributed by atoms with Crippen LogP contribution in [0.25, 0.3) is 0 Å². The Morgan fingerprint density at radius 1 is 1.21 bits per heavy atom. The molecule has 0 bridgehead atoms. The van der Waals surface area contributed by atoms with Crippen LogP contribution in [0.4, 0.5) is 0 Å². The molecule has 2 rings (SSSR count). The third kappa shape index (κ3) is 3.80. The van der Waals surface area contributed by atoms with Crippen molar-refractivity contribution in [2.45, 2.75) is 32.7 Å². The Hall–Kier alpha value is -1.87. The van der Waals surface area contributed by atoms with Gasteiger partial charge in [0.05, 0.1) is 0 Å². The lowest BCUT2D eigenvalue weighted by atomic mass is 10.1. The number of para-hydroxylation sites is 1. The maximum atomic E-state index is 5.93. The molecule has 3 nitrogen and oxygen atoms in total. The van der Waals surface area contributed by atoms with E-state index < -0.39 is 0 Å². The summed E-state index contributed by atoms with van der Waals surface area (Å²) in [6.45, 7) is 4.11. The van der Waals surface area contributed by atoms with Crippen LogP contribution in [0, 0.1) is 6.92 Å². The molecule has 0 saturated carbocycles. The highest BCUT2D eigenvalue weighted by molar-refractivity contribution is 5.35. The van der Waals surface area contributed by atoms with Crippen molar-refractivity contribution in [2.24, 2.45) is 5.73 Å². The number of pyridine rings is 1. The van der Waals surface area contributed by atoms with Crippen LogP contribution in [0.3, 0.4) is 0 Å². The van der Waals surface area contributed by atoms with E-state index in [0.717, 1.165) is 29.7 Å². The molecule has 0 aliphatic carbocycles. The minimum Gasteiger partial charge on any atom is -0.439 e. The number of ether oxygens (including phenoxy) is 1. The quantitative estimate of drug-likeness (QED) is 0.891. The highest BCUT2D eigenvalue weighted by atomic mass is 16.5. The lowest BCUT2D eigenvalue weighted by Gasteiger charge is -2.10. The summed E-state index contributed by atoms with van der Waals surface area (Å²) in [6, 6.07) is 12.0. The zero-order valence-corrected chi connectivity index (χ0v) is 11.5. The second kappa shape index (κ2) is 6.34.